The Balaban J connectivity index is 2.27. The zero-order valence-electron chi connectivity index (χ0n) is 11.7. The summed E-state index contributed by atoms with van der Waals surface area (Å²) in [7, 11) is -0.196. The predicted octanol–water partition coefficient (Wildman–Crippen LogP) is 0.446. The van der Waals surface area contributed by atoms with E-state index in [0.717, 1.165) is 5.56 Å². The Morgan fingerprint density at radius 2 is 1.76 bits per heavy atom. The second-order valence-electron chi connectivity index (χ2n) is 4.51. The molecular formula is C15H17BO5. The third-order valence-corrected chi connectivity index (χ3v) is 3.11. The fraction of sp³-hybridized carbons (Fsp3) is 0.200. The molecule has 0 fully saturated rings. The molecule has 0 aliphatic rings. The molecule has 0 bridgehead atoms. The summed E-state index contributed by atoms with van der Waals surface area (Å²) < 4.78 is 10.9. The minimum Gasteiger partial charge on any atom is -0.493 e. The van der Waals surface area contributed by atoms with E-state index < -0.39 is 7.12 Å². The van der Waals surface area contributed by atoms with Gasteiger partial charge < -0.3 is 24.6 Å². The smallest absolute Gasteiger partial charge is 0.488 e. The Labute approximate surface area is 123 Å². The first-order valence-corrected chi connectivity index (χ1v) is 6.50. The molecule has 2 rings (SSSR count). The average molecular weight is 288 g/mol. The predicted molar refractivity (Wildman–Crippen MR) is 79.5 cm³/mol. The summed E-state index contributed by atoms with van der Waals surface area (Å²) in [6, 6.07) is 12.6. The normalized spacial score (nSPS) is 10.3. The van der Waals surface area contributed by atoms with Crippen molar-refractivity contribution in [3.8, 4) is 11.5 Å². The largest absolute Gasteiger partial charge is 0.493 e. The molecule has 6 heteroatoms. The Hall–Kier alpha value is -2.02. The van der Waals surface area contributed by atoms with Crippen molar-refractivity contribution in [3.05, 3.63) is 53.6 Å². The summed E-state index contributed by atoms with van der Waals surface area (Å²) in [5.74, 6) is 0.820. The van der Waals surface area contributed by atoms with Gasteiger partial charge in [0, 0.05) is 0 Å². The Bertz CT molecular complexity index is 586. The number of ether oxygens (including phenoxy) is 2. The van der Waals surface area contributed by atoms with E-state index >= 15 is 0 Å². The number of benzene rings is 2. The number of aliphatic hydroxyl groups excluding tert-OH is 1. The first kappa shape index (κ1) is 15.4. The maximum Gasteiger partial charge on any atom is 0.488 e. The van der Waals surface area contributed by atoms with E-state index in [0.29, 0.717) is 23.7 Å². The average Bonchev–Trinajstić information content (AvgIpc) is 2.52. The number of hydrogen-bond acceptors (Lipinski definition) is 5. The van der Waals surface area contributed by atoms with Crippen LogP contribution < -0.4 is 14.9 Å². The summed E-state index contributed by atoms with van der Waals surface area (Å²) in [5, 5.41) is 28.0. The molecule has 0 saturated carbocycles. The Kier molecular flexibility index (Phi) is 5.22. The van der Waals surface area contributed by atoms with Crippen molar-refractivity contribution in [2.75, 3.05) is 7.11 Å². The van der Waals surface area contributed by atoms with Gasteiger partial charge in [0.05, 0.1) is 13.7 Å². The maximum absolute atomic E-state index is 9.36. The second kappa shape index (κ2) is 7.13. The van der Waals surface area contributed by atoms with Gasteiger partial charge in [0.2, 0.25) is 0 Å². The third-order valence-electron chi connectivity index (χ3n) is 3.11. The van der Waals surface area contributed by atoms with Crippen molar-refractivity contribution in [1.82, 2.24) is 0 Å². The molecule has 110 valence electrons. The van der Waals surface area contributed by atoms with Crippen LogP contribution in [-0.2, 0) is 13.2 Å². The van der Waals surface area contributed by atoms with Crippen molar-refractivity contribution in [2.24, 2.45) is 0 Å². The van der Waals surface area contributed by atoms with Crippen LogP contribution in [0.3, 0.4) is 0 Å². The zero-order valence-corrected chi connectivity index (χ0v) is 11.7. The van der Waals surface area contributed by atoms with Gasteiger partial charge in [-0.1, -0.05) is 30.3 Å². The molecule has 0 aromatic heterocycles. The molecule has 2 aromatic rings. The molecular weight excluding hydrogens is 271 g/mol. The molecule has 0 aliphatic carbocycles. The molecule has 0 amide bonds. The van der Waals surface area contributed by atoms with Crippen LogP contribution in [0.25, 0.3) is 0 Å². The number of methoxy groups -OCH3 is 1. The Morgan fingerprint density at radius 3 is 2.33 bits per heavy atom. The lowest BCUT2D eigenvalue weighted by atomic mass is 9.77. The minimum absolute atomic E-state index is 0.196. The zero-order chi connectivity index (χ0) is 15.2. The molecule has 0 atom stereocenters. The standard InChI is InChI=1S/C15H17BO5/c1-20-14-7-12(9-17)13(16(18)19)8-15(14)21-10-11-5-3-2-4-6-11/h2-8,17-19H,9-10H2,1H3. The monoisotopic (exact) mass is 288 g/mol. The first-order chi connectivity index (χ1) is 10.2. The van der Waals surface area contributed by atoms with Crippen molar-refractivity contribution in [2.45, 2.75) is 13.2 Å². The molecule has 5 nitrogen and oxygen atoms in total. The van der Waals surface area contributed by atoms with Crippen LogP contribution in [0.5, 0.6) is 11.5 Å². The molecule has 0 unspecified atom stereocenters. The minimum atomic E-state index is -1.68. The molecule has 3 N–H and O–H groups in total. The van der Waals surface area contributed by atoms with E-state index in [1.165, 1.54) is 19.2 Å². The third kappa shape index (κ3) is 3.75. The van der Waals surface area contributed by atoms with Crippen LogP contribution in [0.15, 0.2) is 42.5 Å². The quantitative estimate of drug-likeness (QED) is 0.672. The topological polar surface area (TPSA) is 79.2 Å². The van der Waals surface area contributed by atoms with Crippen molar-refractivity contribution < 1.29 is 24.6 Å². The van der Waals surface area contributed by atoms with Gasteiger partial charge in [-0.2, -0.15) is 0 Å². The van der Waals surface area contributed by atoms with Gasteiger partial charge in [0.1, 0.15) is 6.61 Å². The first-order valence-electron chi connectivity index (χ1n) is 6.50. The van der Waals surface area contributed by atoms with E-state index in [9.17, 15) is 15.2 Å². The number of rotatable bonds is 6. The van der Waals surface area contributed by atoms with Crippen LogP contribution in [0.4, 0.5) is 0 Å². The van der Waals surface area contributed by atoms with E-state index in [-0.39, 0.29) is 12.1 Å². The Morgan fingerprint density at radius 1 is 1.05 bits per heavy atom. The van der Waals surface area contributed by atoms with Crippen LogP contribution >= 0.6 is 0 Å². The summed E-state index contributed by atoms with van der Waals surface area (Å²) in [5.41, 5.74) is 1.56. The van der Waals surface area contributed by atoms with Crippen molar-refractivity contribution in [1.29, 1.82) is 0 Å². The fourth-order valence-corrected chi connectivity index (χ4v) is 2.00. The van der Waals surface area contributed by atoms with Gasteiger partial charge in [-0.25, -0.2) is 0 Å². The summed E-state index contributed by atoms with van der Waals surface area (Å²) in [4.78, 5) is 0. The van der Waals surface area contributed by atoms with Gasteiger partial charge >= 0.3 is 7.12 Å². The summed E-state index contributed by atoms with van der Waals surface area (Å²) in [6.45, 7) is 0.0128. The molecule has 0 aliphatic heterocycles. The summed E-state index contributed by atoms with van der Waals surface area (Å²) in [6.07, 6.45) is 0. The van der Waals surface area contributed by atoms with E-state index in [4.69, 9.17) is 9.47 Å². The van der Waals surface area contributed by atoms with Gasteiger partial charge in [-0.05, 0) is 28.7 Å². The maximum atomic E-state index is 9.36. The second-order valence-corrected chi connectivity index (χ2v) is 4.51. The van der Waals surface area contributed by atoms with E-state index in [1.807, 2.05) is 30.3 Å². The molecule has 0 spiro atoms. The van der Waals surface area contributed by atoms with E-state index in [1.54, 1.807) is 0 Å². The SMILES string of the molecule is COc1cc(CO)c(B(O)O)cc1OCc1ccccc1. The van der Waals surface area contributed by atoms with Gasteiger partial charge in [-0.3, -0.25) is 0 Å². The lowest BCUT2D eigenvalue weighted by Gasteiger charge is -2.15. The highest BCUT2D eigenvalue weighted by atomic mass is 16.5. The molecule has 21 heavy (non-hydrogen) atoms. The highest BCUT2D eigenvalue weighted by Crippen LogP contribution is 2.28. The fourth-order valence-electron chi connectivity index (χ4n) is 2.00. The van der Waals surface area contributed by atoms with Crippen molar-refractivity contribution >= 4 is 12.6 Å². The highest BCUT2D eigenvalue weighted by molar-refractivity contribution is 6.59. The number of aliphatic hydroxyl groups is 1. The van der Waals surface area contributed by atoms with Gasteiger partial charge in [0.15, 0.2) is 11.5 Å². The summed E-state index contributed by atoms with van der Waals surface area (Å²) >= 11 is 0. The van der Waals surface area contributed by atoms with Gasteiger partial charge in [-0.15, -0.1) is 0 Å². The number of hydrogen-bond donors (Lipinski definition) is 3. The van der Waals surface area contributed by atoms with E-state index in [2.05, 4.69) is 0 Å². The molecule has 2 aromatic carbocycles. The molecule has 0 saturated heterocycles. The molecule has 0 heterocycles. The van der Waals surface area contributed by atoms with Crippen LogP contribution in [0.2, 0.25) is 0 Å². The van der Waals surface area contributed by atoms with Gasteiger partial charge in [0.25, 0.3) is 0 Å². The lowest BCUT2D eigenvalue weighted by Crippen LogP contribution is -2.33. The van der Waals surface area contributed by atoms with Crippen LogP contribution in [0.1, 0.15) is 11.1 Å². The van der Waals surface area contributed by atoms with Crippen molar-refractivity contribution in [3.63, 3.8) is 0 Å². The van der Waals surface area contributed by atoms with Crippen LogP contribution in [0, 0.1) is 0 Å². The molecule has 0 radical (unpaired) electrons. The van der Waals surface area contributed by atoms with Crippen LogP contribution in [-0.4, -0.2) is 29.4 Å². The highest BCUT2D eigenvalue weighted by Gasteiger charge is 2.20. The lowest BCUT2D eigenvalue weighted by molar-refractivity contribution is 0.274.